The van der Waals surface area contributed by atoms with E-state index in [1.165, 1.54) is 0 Å². The zero-order valence-electron chi connectivity index (χ0n) is 7.25. The van der Waals surface area contributed by atoms with Crippen LogP contribution in [0.3, 0.4) is 0 Å². The van der Waals surface area contributed by atoms with E-state index in [4.69, 9.17) is 15.3 Å². The number of carbonyl (C=O) groups is 1. The molecule has 0 saturated heterocycles. The van der Waals surface area contributed by atoms with E-state index in [1.807, 2.05) is 0 Å². The van der Waals surface area contributed by atoms with E-state index in [1.54, 1.807) is 0 Å². The highest BCUT2D eigenvalue weighted by atomic mass is 16.5. The van der Waals surface area contributed by atoms with Crippen LogP contribution in [0, 0.1) is 0 Å². The molecular formula is C7H14O6. The summed E-state index contributed by atoms with van der Waals surface area (Å²) in [5.74, 6) is -0.748. The second-order valence-electron chi connectivity index (χ2n) is 2.52. The molecular weight excluding hydrogens is 180 g/mol. The molecule has 0 radical (unpaired) electrons. The van der Waals surface area contributed by atoms with Crippen molar-refractivity contribution in [2.24, 2.45) is 0 Å². The highest BCUT2D eigenvalue weighted by molar-refractivity contribution is 5.84. The molecule has 13 heavy (non-hydrogen) atoms. The molecule has 0 spiro atoms. The fourth-order valence-electron chi connectivity index (χ4n) is 0.861. The van der Waals surface area contributed by atoms with Gasteiger partial charge in [0, 0.05) is 7.11 Å². The molecule has 6 heteroatoms. The van der Waals surface area contributed by atoms with Crippen molar-refractivity contribution in [2.75, 3.05) is 20.3 Å². The Balaban J connectivity index is 4.30. The van der Waals surface area contributed by atoms with E-state index in [9.17, 15) is 9.90 Å². The molecule has 0 rings (SSSR count). The number of hydrogen-bond acceptors (Lipinski definition) is 6. The Kier molecular flexibility index (Phi) is 5.76. The molecule has 0 aliphatic carbocycles. The van der Waals surface area contributed by atoms with Gasteiger partial charge < -0.3 is 25.2 Å². The minimum Gasteiger partial charge on any atom is -0.394 e. The van der Waals surface area contributed by atoms with Crippen molar-refractivity contribution in [1.29, 1.82) is 0 Å². The van der Waals surface area contributed by atoms with Gasteiger partial charge in [-0.25, -0.2) is 0 Å². The van der Waals surface area contributed by atoms with Gasteiger partial charge in [0.25, 0.3) is 0 Å². The van der Waals surface area contributed by atoms with Gasteiger partial charge >= 0.3 is 0 Å². The zero-order valence-corrected chi connectivity index (χ0v) is 7.25. The first kappa shape index (κ1) is 12.5. The summed E-state index contributed by atoms with van der Waals surface area (Å²) in [6.45, 7) is -1.46. The second kappa shape index (κ2) is 6.01. The van der Waals surface area contributed by atoms with Gasteiger partial charge in [0.05, 0.1) is 6.61 Å². The molecule has 0 unspecified atom stereocenters. The molecule has 6 nitrogen and oxygen atoms in total. The summed E-state index contributed by atoms with van der Waals surface area (Å²) in [6.07, 6.45) is -4.30. The van der Waals surface area contributed by atoms with E-state index in [2.05, 4.69) is 4.74 Å². The van der Waals surface area contributed by atoms with Crippen LogP contribution in [0.5, 0.6) is 0 Å². The third kappa shape index (κ3) is 3.37. The minimum atomic E-state index is -1.53. The summed E-state index contributed by atoms with van der Waals surface area (Å²) in [7, 11) is 1.16. The molecule has 0 bridgehead atoms. The first-order valence-electron chi connectivity index (χ1n) is 3.71. The number of hydrogen-bond donors (Lipinski definition) is 4. The third-order valence-electron chi connectivity index (χ3n) is 1.62. The highest BCUT2D eigenvalue weighted by Crippen LogP contribution is 2.04. The van der Waals surface area contributed by atoms with E-state index in [-0.39, 0.29) is 0 Å². The number of rotatable bonds is 6. The summed E-state index contributed by atoms with van der Waals surface area (Å²) in [4.78, 5) is 10.9. The lowest BCUT2D eigenvalue weighted by atomic mass is 10.1. The van der Waals surface area contributed by atoms with Gasteiger partial charge in [-0.2, -0.15) is 0 Å². The smallest absolute Gasteiger partial charge is 0.189 e. The van der Waals surface area contributed by atoms with Gasteiger partial charge in [-0.05, 0) is 0 Å². The summed E-state index contributed by atoms with van der Waals surface area (Å²) >= 11 is 0. The molecule has 0 aliphatic rings. The number of Topliss-reactive ketones (excluding diaryl/α,β-unsaturated/α-hetero) is 1. The summed E-state index contributed by atoms with van der Waals surface area (Å²) in [5, 5.41) is 35.1. The lowest BCUT2D eigenvalue weighted by Gasteiger charge is -2.22. The molecule has 4 N–H and O–H groups in total. The minimum absolute atomic E-state index is 0.681. The van der Waals surface area contributed by atoms with Crippen molar-refractivity contribution in [3.8, 4) is 0 Å². The van der Waals surface area contributed by atoms with Gasteiger partial charge in [0.15, 0.2) is 5.78 Å². The van der Waals surface area contributed by atoms with Gasteiger partial charge in [-0.15, -0.1) is 0 Å². The monoisotopic (exact) mass is 194 g/mol. The second-order valence-corrected chi connectivity index (χ2v) is 2.52. The third-order valence-corrected chi connectivity index (χ3v) is 1.62. The van der Waals surface area contributed by atoms with Crippen molar-refractivity contribution in [1.82, 2.24) is 0 Å². The average Bonchev–Trinajstić information content (AvgIpc) is 2.17. The molecule has 3 atom stereocenters. The average molecular weight is 194 g/mol. The molecule has 0 aliphatic heterocycles. The maximum atomic E-state index is 10.9. The zero-order chi connectivity index (χ0) is 10.4. The van der Waals surface area contributed by atoms with Gasteiger partial charge in [0.1, 0.15) is 24.9 Å². The van der Waals surface area contributed by atoms with Gasteiger partial charge in [-0.3, -0.25) is 4.79 Å². The molecule has 0 aromatic heterocycles. The molecule has 0 aromatic carbocycles. The summed E-state index contributed by atoms with van der Waals surface area (Å²) in [5.41, 5.74) is 0. The lowest BCUT2D eigenvalue weighted by molar-refractivity contribution is -0.146. The molecule has 0 saturated carbocycles. The van der Waals surface area contributed by atoms with Crippen molar-refractivity contribution >= 4 is 5.78 Å². The predicted molar refractivity (Wildman–Crippen MR) is 42.0 cm³/mol. The van der Waals surface area contributed by atoms with E-state index < -0.39 is 37.3 Å². The summed E-state index contributed by atoms with van der Waals surface area (Å²) in [6, 6.07) is 0. The Morgan fingerprint density at radius 3 is 2.23 bits per heavy atom. The van der Waals surface area contributed by atoms with Gasteiger partial charge in [0.2, 0.25) is 0 Å². The standard InChI is InChI=1S/C7H14O6/c1-13-7(5(11)3-9)6(12)4(10)2-8/h4,6-10,12H,2-3H2,1H3/t4-,6+,7+/m1/s1. The van der Waals surface area contributed by atoms with Crippen LogP contribution in [0.2, 0.25) is 0 Å². The number of ketones is 1. The van der Waals surface area contributed by atoms with Gasteiger partial charge in [-0.1, -0.05) is 0 Å². The van der Waals surface area contributed by atoms with Crippen LogP contribution in [0.4, 0.5) is 0 Å². The Morgan fingerprint density at radius 1 is 1.38 bits per heavy atom. The van der Waals surface area contributed by atoms with E-state index >= 15 is 0 Å². The first-order chi connectivity index (χ1) is 6.08. The quantitative estimate of drug-likeness (QED) is 0.366. The van der Waals surface area contributed by atoms with Crippen LogP contribution in [-0.2, 0) is 9.53 Å². The van der Waals surface area contributed by atoms with Crippen LogP contribution < -0.4 is 0 Å². The largest absolute Gasteiger partial charge is 0.394 e. The first-order valence-corrected chi connectivity index (χ1v) is 3.71. The Morgan fingerprint density at radius 2 is 1.92 bits per heavy atom. The molecule has 0 fully saturated rings. The highest BCUT2D eigenvalue weighted by Gasteiger charge is 2.30. The molecule has 0 heterocycles. The number of aliphatic hydroxyl groups excluding tert-OH is 4. The van der Waals surface area contributed by atoms with Crippen molar-refractivity contribution in [3.05, 3.63) is 0 Å². The maximum absolute atomic E-state index is 10.9. The van der Waals surface area contributed by atoms with Crippen LogP contribution in [0.25, 0.3) is 0 Å². The fraction of sp³-hybridized carbons (Fsp3) is 0.857. The van der Waals surface area contributed by atoms with Crippen molar-refractivity contribution < 1.29 is 30.0 Å². The molecule has 0 amide bonds. The maximum Gasteiger partial charge on any atom is 0.189 e. The van der Waals surface area contributed by atoms with E-state index in [0.717, 1.165) is 7.11 Å². The van der Waals surface area contributed by atoms with Crippen LogP contribution in [0.1, 0.15) is 0 Å². The van der Waals surface area contributed by atoms with E-state index in [0.29, 0.717) is 0 Å². The Bertz CT molecular complexity index is 159. The van der Waals surface area contributed by atoms with Crippen LogP contribution in [-0.4, -0.2) is 64.8 Å². The number of aliphatic hydroxyl groups is 4. The lowest BCUT2D eigenvalue weighted by Crippen LogP contribution is -2.45. The Hall–Kier alpha value is -0.530. The number of methoxy groups -OCH3 is 1. The topological polar surface area (TPSA) is 107 Å². The number of ether oxygens (including phenoxy) is 1. The van der Waals surface area contributed by atoms with Crippen molar-refractivity contribution in [3.63, 3.8) is 0 Å². The SMILES string of the molecule is CO[C@@H](C(=O)CO)[C@@H](O)[C@H](O)CO. The van der Waals surface area contributed by atoms with Crippen LogP contribution in [0.15, 0.2) is 0 Å². The fourth-order valence-corrected chi connectivity index (χ4v) is 0.861. The molecule has 78 valence electrons. The van der Waals surface area contributed by atoms with Crippen LogP contribution >= 0.6 is 0 Å². The normalized spacial score (nSPS) is 17.9. The van der Waals surface area contributed by atoms with Crippen molar-refractivity contribution in [2.45, 2.75) is 18.3 Å². The number of carbonyl (C=O) groups excluding carboxylic acids is 1. The molecule has 0 aromatic rings. The summed E-state index contributed by atoms with van der Waals surface area (Å²) < 4.78 is 4.56. The predicted octanol–water partition coefficient (Wildman–Crippen LogP) is -2.72. The Labute approximate surface area is 75.4 Å².